The van der Waals surface area contributed by atoms with Crippen LogP contribution in [0.3, 0.4) is 0 Å². The summed E-state index contributed by atoms with van der Waals surface area (Å²) in [6.45, 7) is 0. The fraction of sp³-hybridized carbons (Fsp3) is 0.615. The van der Waals surface area contributed by atoms with Crippen LogP contribution in [0, 0.1) is 0 Å². The number of fused-ring (bicyclic) bond motifs is 2. The molecule has 2 bridgehead atoms. The summed E-state index contributed by atoms with van der Waals surface area (Å²) in [6, 6.07) is 3.35. The van der Waals surface area contributed by atoms with Gasteiger partial charge in [-0.25, -0.2) is 0 Å². The highest BCUT2D eigenvalue weighted by molar-refractivity contribution is 7.12. The van der Waals surface area contributed by atoms with Gasteiger partial charge in [0.2, 0.25) is 0 Å². The van der Waals surface area contributed by atoms with E-state index in [0.29, 0.717) is 28.0 Å². The molecule has 2 atom stereocenters. The standard InChI is InChI=1S/C13H17ClN2OS.ClH/c1-16(13(17)12-11(14)4-5-18-12)10-6-8-2-3-9(7-10)15-8;/h4-5,8-10,15H,2-3,6-7H2,1H3;1H. The summed E-state index contributed by atoms with van der Waals surface area (Å²) in [7, 11) is 1.91. The average Bonchev–Trinajstić information content (AvgIpc) is 2.93. The normalized spacial score (nSPS) is 28.8. The van der Waals surface area contributed by atoms with Crippen LogP contribution in [0.25, 0.3) is 0 Å². The van der Waals surface area contributed by atoms with Crippen molar-refractivity contribution in [3.63, 3.8) is 0 Å². The lowest BCUT2D eigenvalue weighted by atomic mass is 9.98. The first kappa shape index (κ1) is 15.1. The van der Waals surface area contributed by atoms with Crippen molar-refractivity contribution in [2.45, 2.75) is 43.8 Å². The van der Waals surface area contributed by atoms with Gasteiger partial charge in [0.25, 0.3) is 5.91 Å². The summed E-state index contributed by atoms with van der Waals surface area (Å²) in [5.41, 5.74) is 0. The average molecular weight is 321 g/mol. The number of halogens is 2. The van der Waals surface area contributed by atoms with Crippen molar-refractivity contribution in [1.82, 2.24) is 10.2 Å². The highest BCUT2D eigenvalue weighted by Gasteiger charge is 2.36. The Balaban J connectivity index is 0.00000133. The second-order valence-electron chi connectivity index (χ2n) is 5.28. The van der Waals surface area contributed by atoms with Gasteiger partial charge in [0.15, 0.2) is 0 Å². The highest BCUT2D eigenvalue weighted by Crippen LogP contribution is 2.31. The van der Waals surface area contributed by atoms with Crippen LogP contribution in [0.4, 0.5) is 0 Å². The number of nitrogens with zero attached hydrogens (tertiary/aromatic N) is 1. The molecule has 3 nitrogen and oxygen atoms in total. The topological polar surface area (TPSA) is 32.3 Å². The first-order valence-electron chi connectivity index (χ1n) is 6.41. The molecule has 2 saturated heterocycles. The van der Waals surface area contributed by atoms with E-state index in [1.807, 2.05) is 17.3 Å². The van der Waals surface area contributed by atoms with E-state index in [-0.39, 0.29) is 18.3 Å². The van der Waals surface area contributed by atoms with Crippen molar-refractivity contribution in [3.05, 3.63) is 21.3 Å². The van der Waals surface area contributed by atoms with Gasteiger partial charge in [0, 0.05) is 25.2 Å². The minimum absolute atomic E-state index is 0. The molecule has 3 heterocycles. The minimum atomic E-state index is 0. The summed E-state index contributed by atoms with van der Waals surface area (Å²) in [5, 5.41) is 6.05. The summed E-state index contributed by atoms with van der Waals surface area (Å²) in [4.78, 5) is 15.0. The van der Waals surface area contributed by atoms with Crippen LogP contribution in [-0.2, 0) is 0 Å². The molecule has 0 saturated carbocycles. The molecule has 1 amide bonds. The van der Waals surface area contributed by atoms with Gasteiger partial charge >= 0.3 is 0 Å². The Kier molecular flexibility index (Phi) is 4.77. The molecule has 0 aromatic carbocycles. The van der Waals surface area contributed by atoms with E-state index in [1.54, 1.807) is 6.07 Å². The molecule has 0 aliphatic carbocycles. The molecule has 2 aliphatic heterocycles. The van der Waals surface area contributed by atoms with Crippen molar-refractivity contribution in [2.75, 3.05) is 7.05 Å². The number of carbonyl (C=O) groups excluding carboxylic acids is 1. The van der Waals surface area contributed by atoms with Gasteiger partial charge in [-0.3, -0.25) is 4.79 Å². The number of hydrogen-bond acceptors (Lipinski definition) is 3. The summed E-state index contributed by atoms with van der Waals surface area (Å²) < 4.78 is 0. The maximum absolute atomic E-state index is 12.4. The first-order valence-corrected chi connectivity index (χ1v) is 7.67. The van der Waals surface area contributed by atoms with Gasteiger partial charge in [-0.05, 0) is 37.1 Å². The van der Waals surface area contributed by atoms with Gasteiger partial charge in [0.1, 0.15) is 4.88 Å². The Morgan fingerprint density at radius 1 is 1.42 bits per heavy atom. The molecule has 1 N–H and O–H groups in total. The first-order chi connectivity index (χ1) is 8.65. The van der Waals surface area contributed by atoms with Crippen molar-refractivity contribution in [1.29, 1.82) is 0 Å². The summed E-state index contributed by atoms with van der Waals surface area (Å²) in [5.74, 6) is 0.0706. The smallest absolute Gasteiger partial charge is 0.265 e. The van der Waals surface area contributed by atoms with Crippen LogP contribution in [0.15, 0.2) is 11.4 Å². The monoisotopic (exact) mass is 320 g/mol. The number of thiophene rings is 1. The van der Waals surface area contributed by atoms with E-state index in [4.69, 9.17) is 11.6 Å². The summed E-state index contributed by atoms with van der Waals surface area (Å²) >= 11 is 7.47. The molecule has 2 unspecified atom stereocenters. The van der Waals surface area contributed by atoms with Crippen molar-refractivity contribution >= 4 is 41.3 Å². The predicted molar refractivity (Wildman–Crippen MR) is 81.6 cm³/mol. The number of nitrogens with one attached hydrogen (secondary N) is 1. The Hall–Kier alpha value is -0.290. The van der Waals surface area contributed by atoms with Crippen molar-refractivity contribution in [2.24, 2.45) is 0 Å². The lowest BCUT2D eigenvalue weighted by molar-refractivity contribution is 0.0687. The van der Waals surface area contributed by atoms with Crippen LogP contribution in [0.1, 0.15) is 35.4 Å². The largest absolute Gasteiger partial charge is 0.338 e. The number of rotatable bonds is 2. The van der Waals surface area contributed by atoms with E-state index >= 15 is 0 Å². The minimum Gasteiger partial charge on any atom is -0.338 e. The van der Waals surface area contributed by atoms with Gasteiger partial charge in [-0.15, -0.1) is 23.7 Å². The van der Waals surface area contributed by atoms with E-state index in [0.717, 1.165) is 12.8 Å². The fourth-order valence-electron chi connectivity index (χ4n) is 3.12. The van der Waals surface area contributed by atoms with Crippen molar-refractivity contribution in [3.8, 4) is 0 Å². The van der Waals surface area contributed by atoms with Crippen LogP contribution in [0.2, 0.25) is 5.02 Å². The molecule has 0 radical (unpaired) electrons. The van der Waals surface area contributed by atoms with Crippen LogP contribution in [-0.4, -0.2) is 36.0 Å². The third kappa shape index (κ3) is 2.92. The summed E-state index contributed by atoms with van der Waals surface area (Å²) in [6.07, 6.45) is 4.65. The molecule has 2 aliphatic rings. The zero-order valence-electron chi connectivity index (χ0n) is 10.8. The predicted octanol–water partition coefficient (Wildman–Crippen LogP) is 3.18. The maximum atomic E-state index is 12.4. The second kappa shape index (κ2) is 6.00. The highest BCUT2D eigenvalue weighted by atomic mass is 35.5. The van der Waals surface area contributed by atoms with Crippen LogP contribution < -0.4 is 5.32 Å². The van der Waals surface area contributed by atoms with E-state index in [9.17, 15) is 4.79 Å². The molecule has 19 heavy (non-hydrogen) atoms. The number of piperidine rings is 1. The van der Waals surface area contributed by atoms with Gasteiger partial charge in [0.05, 0.1) is 5.02 Å². The molecule has 106 valence electrons. The van der Waals surface area contributed by atoms with Gasteiger partial charge in [-0.1, -0.05) is 11.6 Å². The van der Waals surface area contributed by atoms with Gasteiger partial charge < -0.3 is 10.2 Å². The molecular weight excluding hydrogens is 303 g/mol. The molecule has 0 spiro atoms. The zero-order chi connectivity index (χ0) is 12.7. The zero-order valence-corrected chi connectivity index (χ0v) is 13.2. The number of amides is 1. The molecule has 1 aromatic rings. The second-order valence-corrected chi connectivity index (χ2v) is 6.60. The third-order valence-electron chi connectivity index (χ3n) is 4.13. The Morgan fingerprint density at radius 2 is 2.05 bits per heavy atom. The fourth-order valence-corrected chi connectivity index (χ4v) is 4.23. The molecule has 6 heteroatoms. The Morgan fingerprint density at radius 3 is 2.58 bits per heavy atom. The molecular formula is C13H18Cl2N2OS. The molecule has 3 rings (SSSR count). The lowest BCUT2D eigenvalue weighted by Gasteiger charge is -2.35. The number of hydrogen-bond donors (Lipinski definition) is 1. The SMILES string of the molecule is CN(C(=O)c1sccc1Cl)C1CC2CCC(C1)N2.Cl. The van der Waals surface area contributed by atoms with E-state index < -0.39 is 0 Å². The van der Waals surface area contributed by atoms with Crippen LogP contribution in [0.5, 0.6) is 0 Å². The maximum Gasteiger partial charge on any atom is 0.265 e. The lowest BCUT2D eigenvalue weighted by Crippen LogP contribution is -2.48. The quantitative estimate of drug-likeness (QED) is 0.907. The molecule has 2 fully saturated rings. The Labute approximate surface area is 128 Å². The van der Waals surface area contributed by atoms with Crippen LogP contribution >= 0.6 is 35.3 Å². The third-order valence-corrected chi connectivity index (χ3v) is 5.46. The van der Waals surface area contributed by atoms with Gasteiger partial charge in [-0.2, -0.15) is 0 Å². The molecule has 1 aromatic heterocycles. The van der Waals surface area contributed by atoms with E-state index in [1.165, 1.54) is 24.2 Å². The number of carbonyl (C=O) groups is 1. The van der Waals surface area contributed by atoms with Crippen molar-refractivity contribution < 1.29 is 4.79 Å². The Bertz CT molecular complexity index is 453. The van der Waals surface area contributed by atoms with E-state index in [2.05, 4.69) is 5.32 Å².